The second-order valence-electron chi connectivity index (χ2n) is 7.53. The number of fused-ring (bicyclic) bond motifs is 1. The summed E-state index contributed by atoms with van der Waals surface area (Å²) in [5.41, 5.74) is 1.44. The Labute approximate surface area is 184 Å². The van der Waals surface area contributed by atoms with Crippen LogP contribution in [0.4, 0.5) is 0 Å². The van der Waals surface area contributed by atoms with Crippen LogP contribution in [-0.4, -0.2) is 31.7 Å². The molecule has 1 N–H and O–H groups in total. The molecule has 0 unspecified atom stereocenters. The van der Waals surface area contributed by atoms with Crippen molar-refractivity contribution < 1.29 is 14.3 Å². The first kappa shape index (κ1) is 19.7. The van der Waals surface area contributed by atoms with E-state index in [1.165, 1.54) is 12.4 Å². The van der Waals surface area contributed by atoms with Crippen molar-refractivity contribution in [2.24, 2.45) is 0 Å². The van der Waals surface area contributed by atoms with Gasteiger partial charge in [0.1, 0.15) is 34.6 Å². The standard InChI is InChI=1S/C24H21N5O3/c1-2-22(30)28-16-12-17(13-16)29-23-21(14-27-29)25-15-26-24(23)32-20-10-8-19(9-11-20)31-18-6-4-3-5-7-18/h2-11,14-17H,1,12-13H2,(H,28,30)/t16-,17+. The van der Waals surface area contributed by atoms with Gasteiger partial charge >= 0.3 is 0 Å². The fourth-order valence-corrected chi connectivity index (χ4v) is 3.69. The Morgan fingerprint density at radius 1 is 1.00 bits per heavy atom. The minimum atomic E-state index is -0.161. The third-order valence-corrected chi connectivity index (χ3v) is 5.36. The van der Waals surface area contributed by atoms with Crippen LogP contribution in [0.25, 0.3) is 11.0 Å². The van der Waals surface area contributed by atoms with Crippen molar-refractivity contribution in [3.05, 3.63) is 79.8 Å². The Balaban J connectivity index is 1.32. The highest BCUT2D eigenvalue weighted by Crippen LogP contribution is 2.37. The van der Waals surface area contributed by atoms with Crippen molar-refractivity contribution in [2.45, 2.75) is 24.9 Å². The van der Waals surface area contributed by atoms with E-state index >= 15 is 0 Å². The molecule has 4 aromatic rings. The van der Waals surface area contributed by atoms with E-state index in [-0.39, 0.29) is 18.0 Å². The summed E-state index contributed by atoms with van der Waals surface area (Å²) in [5.74, 6) is 2.38. The Kier molecular flexibility index (Phi) is 5.25. The van der Waals surface area contributed by atoms with Gasteiger partial charge in [-0.25, -0.2) is 4.98 Å². The number of aromatic nitrogens is 4. The van der Waals surface area contributed by atoms with E-state index in [0.29, 0.717) is 22.9 Å². The Morgan fingerprint density at radius 2 is 1.69 bits per heavy atom. The average Bonchev–Trinajstić information content (AvgIpc) is 3.22. The van der Waals surface area contributed by atoms with E-state index in [2.05, 4.69) is 27.0 Å². The predicted molar refractivity (Wildman–Crippen MR) is 119 cm³/mol. The second kappa shape index (κ2) is 8.50. The highest BCUT2D eigenvalue weighted by molar-refractivity contribution is 5.87. The number of para-hydroxylation sites is 1. The van der Waals surface area contributed by atoms with Crippen LogP contribution in [0.1, 0.15) is 18.9 Å². The number of amides is 1. The third kappa shape index (κ3) is 4.02. The number of benzene rings is 2. The SMILES string of the molecule is C=CC(=O)N[C@H]1C[C@@H](n2ncc3ncnc(Oc4ccc(Oc5ccccc5)cc4)c32)C1. The minimum Gasteiger partial charge on any atom is -0.457 e. The molecule has 2 aromatic heterocycles. The van der Waals surface area contributed by atoms with Gasteiger partial charge in [0.05, 0.1) is 12.2 Å². The first-order valence-corrected chi connectivity index (χ1v) is 10.3. The van der Waals surface area contributed by atoms with Gasteiger partial charge in [0.2, 0.25) is 11.8 Å². The molecule has 0 bridgehead atoms. The van der Waals surface area contributed by atoms with E-state index in [4.69, 9.17) is 9.47 Å². The summed E-state index contributed by atoms with van der Waals surface area (Å²) in [7, 11) is 0. The van der Waals surface area contributed by atoms with Gasteiger partial charge < -0.3 is 14.8 Å². The second-order valence-corrected chi connectivity index (χ2v) is 7.53. The lowest BCUT2D eigenvalue weighted by molar-refractivity contribution is -0.117. The number of rotatable bonds is 7. The number of nitrogens with one attached hydrogen (secondary N) is 1. The molecule has 1 saturated carbocycles. The fourth-order valence-electron chi connectivity index (χ4n) is 3.69. The van der Waals surface area contributed by atoms with Crippen molar-refractivity contribution in [2.75, 3.05) is 0 Å². The zero-order valence-electron chi connectivity index (χ0n) is 17.2. The van der Waals surface area contributed by atoms with Gasteiger partial charge in [0.15, 0.2) is 0 Å². The molecule has 1 fully saturated rings. The fraction of sp³-hybridized carbons (Fsp3) is 0.167. The van der Waals surface area contributed by atoms with Crippen LogP contribution in [-0.2, 0) is 4.79 Å². The summed E-state index contributed by atoms with van der Waals surface area (Å²) in [6, 6.07) is 17.2. The van der Waals surface area contributed by atoms with Gasteiger partial charge in [0, 0.05) is 6.04 Å². The molecule has 32 heavy (non-hydrogen) atoms. The molecule has 0 aliphatic heterocycles. The molecule has 1 aliphatic carbocycles. The quantitative estimate of drug-likeness (QED) is 0.439. The molecule has 160 valence electrons. The molecular formula is C24H21N5O3. The normalized spacial score (nSPS) is 17.4. The molecule has 2 aromatic carbocycles. The van der Waals surface area contributed by atoms with Gasteiger partial charge in [-0.1, -0.05) is 24.8 Å². The van der Waals surface area contributed by atoms with Crippen molar-refractivity contribution in [1.29, 1.82) is 0 Å². The molecule has 1 aliphatic rings. The van der Waals surface area contributed by atoms with Crippen LogP contribution in [0, 0.1) is 0 Å². The molecule has 0 saturated heterocycles. The molecule has 5 rings (SSSR count). The molecule has 0 radical (unpaired) electrons. The van der Waals surface area contributed by atoms with Crippen LogP contribution in [0.15, 0.2) is 79.8 Å². The predicted octanol–water partition coefficient (Wildman–Crippen LogP) is 4.42. The van der Waals surface area contributed by atoms with Crippen LogP contribution in [0.5, 0.6) is 23.1 Å². The smallest absolute Gasteiger partial charge is 0.248 e. The van der Waals surface area contributed by atoms with Crippen molar-refractivity contribution in [3.8, 4) is 23.1 Å². The Bertz CT molecular complexity index is 1250. The maximum atomic E-state index is 11.5. The first-order valence-electron chi connectivity index (χ1n) is 10.3. The van der Waals surface area contributed by atoms with E-state index in [1.54, 1.807) is 6.20 Å². The van der Waals surface area contributed by atoms with Crippen LogP contribution in [0.2, 0.25) is 0 Å². The largest absolute Gasteiger partial charge is 0.457 e. The van der Waals surface area contributed by atoms with Gasteiger partial charge in [-0.05, 0) is 55.3 Å². The molecule has 2 heterocycles. The monoisotopic (exact) mass is 427 g/mol. The van der Waals surface area contributed by atoms with E-state index in [1.807, 2.05) is 59.3 Å². The number of carbonyl (C=O) groups is 1. The summed E-state index contributed by atoms with van der Waals surface area (Å²) in [6.07, 6.45) is 6.00. The lowest BCUT2D eigenvalue weighted by Crippen LogP contribution is -2.44. The first-order chi connectivity index (χ1) is 15.7. The maximum absolute atomic E-state index is 11.5. The number of nitrogens with zero attached hydrogens (tertiary/aromatic N) is 4. The summed E-state index contributed by atoms with van der Waals surface area (Å²) < 4.78 is 13.8. The van der Waals surface area contributed by atoms with Gasteiger partial charge in [-0.15, -0.1) is 0 Å². The maximum Gasteiger partial charge on any atom is 0.248 e. The minimum absolute atomic E-state index is 0.107. The van der Waals surface area contributed by atoms with E-state index in [9.17, 15) is 4.79 Å². The van der Waals surface area contributed by atoms with Crippen LogP contribution < -0.4 is 14.8 Å². The molecule has 1 amide bonds. The Morgan fingerprint density at radius 3 is 2.41 bits per heavy atom. The zero-order chi connectivity index (χ0) is 21.9. The van der Waals surface area contributed by atoms with E-state index in [0.717, 1.165) is 24.1 Å². The van der Waals surface area contributed by atoms with Crippen molar-refractivity contribution in [1.82, 2.24) is 25.1 Å². The van der Waals surface area contributed by atoms with Crippen molar-refractivity contribution in [3.63, 3.8) is 0 Å². The van der Waals surface area contributed by atoms with Crippen LogP contribution in [0.3, 0.4) is 0 Å². The number of hydrogen-bond donors (Lipinski definition) is 1. The van der Waals surface area contributed by atoms with Gasteiger partial charge in [0.25, 0.3) is 0 Å². The van der Waals surface area contributed by atoms with E-state index < -0.39 is 0 Å². The number of hydrogen-bond acceptors (Lipinski definition) is 6. The summed E-state index contributed by atoms with van der Waals surface area (Å²) in [5, 5.41) is 7.41. The summed E-state index contributed by atoms with van der Waals surface area (Å²) in [4.78, 5) is 20.2. The van der Waals surface area contributed by atoms with Crippen molar-refractivity contribution >= 4 is 16.9 Å². The number of ether oxygens (including phenoxy) is 2. The third-order valence-electron chi connectivity index (χ3n) is 5.36. The summed E-state index contributed by atoms with van der Waals surface area (Å²) in [6.45, 7) is 3.49. The molecule has 0 atom stereocenters. The highest BCUT2D eigenvalue weighted by atomic mass is 16.5. The lowest BCUT2D eigenvalue weighted by Gasteiger charge is -2.35. The molecule has 8 nitrogen and oxygen atoms in total. The molecular weight excluding hydrogens is 406 g/mol. The van der Waals surface area contributed by atoms with Gasteiger partial charge in [-0.3, -0.25) is 9.48 Å². The van der Waals surface area contributed by atoms with Gasteiger partial charge in [-0.2, -0.15) is 10.1 Å². The van der Waals surface area contributed by atoms with Crippen LogP contribution >= 0.6 is 0 Å². The molecule has 0 spiro atoms. The lowest BCUT2D eigenvalue weighted by atomic mass is 9.86. The summed E-state index contributed by atoms with van der Waals surface area (Å²) >= 11 is 0. The average molecular weight is 427 g/mol. The zero-order valence-corrected chi connectivity index (χ0v) is 17.2. The molecule has 8 heteroatoms. The highest BCUT2D eigenvalue weighted by Gasteiger charge is 2.33. The number of carbonyl (C=O) groups excluding carboxylic acids is 1. The topological polar surface area (TPSA) is 91.2 Å². The Hall–Kier alpha value is -4.20.